The highest BCUT2D eigenvalue weighted by Crippen LogP contribution is 2.22. The minimum atomic E-state index is -3.99. The minimum Gasteiger partial charge on any atom is -0.398 e. The molecule has 8 heteroatoms. The highest BCUT2D eigenvalue weighted by molar-refractivity contribution is 7.89. The third-order valence-corrected chi connectivity index (χ3v) is 4.16. The number of hydrogen-bond acceptors (Lipinski definition) is 4. The molecule has 4 N–H and O–H groups in total. The van der Waals surface area contributed by atoms with E-state index < -0.39 is 29.1 Å². The lowest BCUT2D eigenvalue weighted by molar-refractivity contribution is -0.000452. The number of halogens is 2. The molecule has 1 unspecified atom stereocenters. The van der Waals surface area contributed by atoms with Gasteiger partial charge in [0.2, 0.25) is 10.0 Å². The summed E-state index contributed by atoms with van der Waals surface area (Å²) >= 11 is 0. The highest BCUT2D eigenvalue weighted by atomic mass is 32.2. The molecule has 0 radical (unpaired) electrons. The van der Waals surface area contributed by atoms with Gasteiger partial charge in [0.15, 0.2) is 0 Å². The Balaban J connectivity index is 3.01. The number of aliphatic hydroxyl groups is 1. The molecule has 0 spiro atoms. The Labute approximate surface area is 110 Å². The second-order valence-electron chi connectivity index (χ2n) is 4.23. The van der Waals surface area contributed by atoms with Crippen LogP contribution in [0.4, 0.5) is 14.5 Å². The summed E-state index contributed by atoms with van der Waals surface area (Å²) in [5, 5.41) is 8.91. The van der Waals surface area contributed by atoms with E-state index in [9.17, 15) is 17.2 Å². The van der Waals surface area contributed by atoms with Crippen molar-refractivity contribution in [1.82, 2.24) is 4.72 Å². The van der Waals surface area contributed by atoms with Crippen molar-refractivity contribution in [3.8, 4) is 0 Å². The lowest BCUT2D eigenvalue weighted by Gasteiger charge is -2.14. The molecule has 0 amide bonds. The van der Waals surface area contributed by atoms with Gasteiger partial charge in [-0.1, -0.05) is 0 Å². The number of anilines is 1. The molecule has 1 aromatic carbocycles. The molecular formula is C11H16F2N2O3S. The fourth-order valence-electron chi connectivity index (χ4n) is 1.49. The Bertz CT molecular complexity index is 561. The van der Waals surface area contributed by atoms with Gasteiger partial charge in [-0.25, -0.2) is 21.9 Å². The molecule has 0 fully saturated rings. The van der Waals surface area contributed by atoms with Crippen molar-refractivity contribution in [2.45, 2.75) is 31.3 Å². The summed E-state index contributed by atoms with van der Waals surface area (Å²) < 4.78 is 50.1. The first-order valence-electron chi connectivity index (χ1n) is 5.47. The summed E-state index contributed by atoms with van der Waals surface area (Å²) in [5.41, 5.74) is 6.94. The van der Waals surface area contributed by atoms with Gasteiger partial charge in [-0.2, -0.15) is 0 Å². The first kappa shape index (κ1) is 15.8. The number of benzene rings is 1. The summed E-state index contributed by atoms with van der Waals surface area (Å²) in [4.78, 5) is -0.0773. The van der Waals surface area contributed by atoms with E-state index in [-0.39, 0.29) is 4.90 Å². The molecule has 0 bridgehead atoms. The normalized spacial score (nSPS) is 13.8. The monoisotopic (exact) mass is 294 g/mol. The number of sulfonamides is 1. The van der Waals surface area contributed by atoms with Gasteiger partial charge in [0, 0.05) is 12.2 Å². The van der Waals surface area contributed by atoms with Crippen LogP contribution in [0.1, 0.15) is 11.1 Å². The molecular weight excluding hydrogens is 278 g/mol. The van der Waals surface area contributed by atoms with Crippen molar-refractivity contribution >= 4 is 15.7 Å². The third kappa shape index (κ3) is 3.85. The number of aliphatic hydroxyl groups excluding tert-OH is 1. The maximum absolute atomic E-state index is 12.1. The molecule has 0 heterocycles. The van der Waals surface area contributed by atoms with E-state index in [1.54, 1.807) is 13.0 Å². The number of nitrogens with two attached hydrogens (primary N) is 1. The smallest absolute Gasteiger partial charge is 0.265 e. The SMILES string of the molecule is Cc1cc(N)c(C)c(S(=O)(=O)NCC(O)C(F)F)c1. The van der Waals surface area contributed by atoms with Crippen LogP contribution in [0.2, 0.25) is 0 Å². The summed E-state index contributed by atoms with van der Waals surface area (Å²) in [7, 11) is -3.99. The fraction of sp³-hybridized carbons (Fsp3) is 0.455. The Morgan fingerprint density at radius 2 is 1.95 bits per heavy atom. The predicted molar refractivity (Wildman–Crippen MR) is 67.5 cm³/mol. The molecule has 0 aliphatic heterocycles. The lowest BCUT2D eigenvalue weighted by atomic mass is 10.1. The zero-order valence-electron chi connectivity index (χ0n) is 10.5. The number of rotatable bonds is 5. The van der Waals surface area contributed by atoms with Crippen molar-refractivity contribution in [3.63, 3.8) is 0 Å². The predicted octanol–water partition coefficient (Wildman–Crippen LogP) is 0.790. The van der Waals surface area contributed by atoms with Gasteiger partial charge < -0.3 is 10.8 Å². The van der Waals surface area contributed by atoms with Crippen LogP contribution < -0.4 is 10.5 Å². The largest absolute Gasteiger partial charge is 0.398 e. The van der Waals surface area contributed by atoms with Crippen LogP contribution in [-0.4, -0.2) is 32.6 Å². The van der Waals surface area contributed by atoms with Crippen LogP contribution in [0, 0.1) is 13.8 Å². The average molecular weight is 294 g/mol. The number of aryl methyl sites for hydroxylation is 1. The molecule has 1 rings (SSSR count). The van der Waals surface area contributed by atoms with E-state index in [1.165, 1.54) is 13.0 Å². The first-order chi connectivity index (χ1) is 8.65. The van der Waals surface area contributed by atoms with Crippen molar-refractivity contribution in [2.75, 3.05) is 12.3 Å². The van der Waals surface area contributed by atoms with Gasteiger partial charge in [-0.3, -0.25) is 0 Å². The molecule has 108 valence electrons. The zero-order valence-corrected chi connectivity index (χ0v) is 11.3. The van der Waals surface area contributed by atoms with Crippen molar-refractivity contribution in [2.24, 2.45) is 0 Å². The zero-order chi connectivity index (χ0) is 14.8. The van der Waals surface area contributed by atoms with E-state index in [1.807, 2.05) is 4.72 Å². The van der Waals surface area contributed by atoms with E-state index in [0.717, 1.165) is 0 Å². The molecule has 1 aromatic rings. The summed E-state index contributed by atoms with van der Waals surface area (Å²) in [6.07, 6.45) is -5.05. The number of alkyl halides is 2. The van der Waals surface area contributed by atoms with Crippen LogP contribution in [0.25, 0.3) is 0 Å². The van der Waals surface area contributed by atoms with Gasteiger partial charge >= 0.3 is 0 Å². The summed E-state index contributed by atoms with van der Waals surface area (Å²) in [6, 6.07) is 3.01. The van der Waals surface area contributed by atoms with E-state index >= 15 is 0 Å². The number of nitrogens with one attached hydrogen (secondary N) is 1. The molecule has 19 heavy (non-hydrogen) atoms. The van der Waals surface area contributed by atoms with Crippen molar-refractivity contribution in [1.29, 1.82) is 0 Å². The fourth-order valence-corrected chi connectivity index (χ4v) is 2.90. The minimum absolute atomic E-state index is 0.0773. The van der Waals surface area contributed by atoms with Gasteiger partial charge in [-0.05, 0) is 37.1 Å². The van der Waals surface area contributed by atoms with Crippen LogP contribution >= 0.6 is 0 Å². The quantitative estimate of drug-likeness (QED) is 0.700. The summed E-state index contributed by atoms with van der Waals surface area (Å²) in [6.45, 7) is 2.43. The Kier molecular flexibility index (Phi) is 4.83. The van der Waals surface area contributed by atoms with Gasteiger partial charge in [-0.15, -0.1) is 0 Å². The standard InChI is InChI=1S/C11H16F2N2O3S/c1-6-3-8(14)7(2)10(4-6)19(17,18)15-5-9(16)11(12)13/h3-4,9,11,15-16H,5,14H2,1-2H3. The highest BCUT2D eigenvalue weighted by Gasteiger charge is 2.23. The van der Waals surface area contributed by atoms with E-state index in [4.69, 9.17) is 10.8 Å². The lowest BCUT2D eigenvalue weighted by Crippen LogP contribution is -2.36. The molecule has 0 aromatic heterocycles. The van der Waals surface area contributed by atoms with Gasteiger partial charge in [0.25, 0.3) is 6.43 Å². The van der Waals surface area contributed by atoms with E-state index in [0.29, 0.717) is 16.8 Å². The second kappa shape index (κ2) is 5.81. The Morgan fingerprint density at radius 3 is 2.47 bits per heavy atom. The van der Waals surface area contributed by atoms with Crippen LogP contribution in [-0.2, 0) is 10.0 Å². The maximum Gasteiger partial charge on any atom is 0.265 e. The number of nitrogen functional groups attached to an aromatic ring is 1. The van der Waals surface area contributed by atoms with Gasteiger partial charge in [0.1, 0.15) is 6.10 Å². The van der Waals surface area contributed by atoms with Crippen molar-refractivity contribution < 1.29 is 22.3 Å². The Hall–Kier alpha value is -1.25. The van der Waals surface area contributed by atoms with Crippen LogP contribution in [0.15, 0.2) is 17.0 Å². The molecule has 0 aliphatic carbocycles. The van der Waals surface area contributed by atoms with Gasteiger partial charge in [0.05, 0.1) is 4.90 Å². The van der Waals surface area contributed by atoms with Crippen LogP contribution in [0.5, 0.6) is 0 Å². The topological polar surface area (TPSA) is 92.4 Å². The Morgan fingerprint density at radius 1 is 1.37 bits per heavy atom. The molecule has 0 saturated heterocycles. The molecule has 1 atom stereocenters. The molecule has 5 nitrogen and oxygen atoms in total. The second-order valence-corrected chi connectivity index (χ2v) is 5.97. The van der Waals surface area contributed by atoms with E-state index in [2.05, 4.69) is 0 Å². The average Bonchev–Trinajstić information content (AvgIpc) is 2.30. The number of hydrogen-bond donors (Lipinski definition) is 3. The first-order valence-corrected chi connectivity index (χ1v) is 6.96. The summed E-state index contributed by atoms with van der Waals surface area (Å²) in [5.74, 6) is 0. The molecule has 0 saturated carbocycles. The maximum atomic E-state index is 12.1. The van der Waals surface area contributed by atoms with Crippen molar-refractivity contribution in [3.05, 3.63) is 23.3 Å². The van der Waals surface area contributed by atoms with Crippen LogP contribution in [0.3, 0.4) is 0 Å². The molecule has 0 aliphatic rings. The third-order valence-electron chi connectivity index (χ3n) is 2.61.